The highest BCUT2D eigenvalue weighted by molar-refractivity contribution is 5.93. The Morgan fingerprint density at radius 1 is 1.30 bits per heavy atom. The first-order chi connectivity index (χ1) is 13.0. The highest BCUT2D eigenvalue weighted by atomic mass is 16.7. The van der Waals surface area contributed by atoms with Gasteiger partial charge < -0.3 is 14.4 Å². The summed E-state index contributed by atoms with van der Waals surface area (Å²) >= 11 is 0. The molecule has 0 atom stereocenters. The van der Waals surface area contributed by atoms with Crippen LogP contribution in [0.3, 0.4) is 0 Å². The molecule has 0 fully saturated rings. The summed E-state index contributed by atoms with van der Waals surface area (Å²) in [6, 6.07) is 7.34. The van der Waals surface area contributed by atoms with E-state index in [9.17, 15) is 4.79 Å². The van der Waals surface area contributed by atoms with Gasteiger partial charge in [0, 0.05) is 37.5 Å². The van der Waals surface area contributed by atoms with Crippen molar-refractivity contribution in [3.8, 4) is 22.8 Å². The normalized spacial score (nSPS) is 12.4. The van der Waals surface area contributed by atoms with Crippen LogP contribution in [0.5, 0.6) is 11.5 Å². The van der Waals surface area contributed by atoms with Crippen LogP contribution in [0.1, 0.15) is 28.7 Å². The number of nitrogens with one attached hydrogen (secondary N) is 1. The van der Waals surface area contributed by atoms with Crippen molar-refractivity contribution in [2.24, 2.45) is 0 Å². The first kappa shape index (κ1) is 17.1. The van der Waals surface area contributed by atoms with Gasteiger partial charge in [0.25, 0.3) is 5.91 Å². The minimum absolute atomic E-state index is 0.127. The number of aromatic nitrogens is 4. The number of nitrogens with zero attached hydrogens (tertiary/aromatic N) is 4. The van der Waals surface area contributed by atoms with Crippen LogP contribution in [0.15, 0.2) is 30.5 Å². The van der Waals surface area contributed by atoms with Crippen LogP contribution in [-0.4, -0.2) is 44.6 Å². The number of H-pyrrole nitrogens is 1. The number of rotatable bonds is 5. The van der Waals surface area contributed by atoms with E-state index in [1.54, 1.807) is 18.0 Å². The lowest BCUT2D eigenvalue weighted by Crippen LogP contribution is -2.26. The molecule has 0 aliphatic carbocycles. The summed E-state index contributed by atoms with van der Waals surface area (Å²) in [7, 11) is 1.77. The van der Waals surface area contributed by atoms with Gasteiger partial charge in [0.05, 0.1) is 11.4 Å². The van der Waals surface area contributed by atoms with E-state index in [4.69, 9.17) is 9.47 Å². The molecule has 4 rings (SSSR count). The van der Waals surface area contributed by atoms with Gasteiger partial charge in [-0.05, 0) is 38.1 Å². The van der Waals surface area contributed by atoms with Crippen molar-refractivity contribution in [3.63, 3.8) is 0 Å². The van der Waals surface area contributed by atoms with Crippen molar-refractivity contribution in [1.82, 2.24) is 24.9 Å². The Hall–Kier alpha value is -3.29. The zero-order valence-corrected chi connectivity index (χ0v) is 15.5. The third kappa shape index (κ3) is 3.25. The predicted octanol–water partition coefficient (Wildman–Crippen LogP) is 2.60. The molecule has 0 radical (unpaired) electrons. The standard InChI is InChI=1S/C19H21N5O3/c1-4-24-10-14(12(2)22-24)9-23(3)19(25)16-8-15(20-21-16)13-5-6-17-18(7-13)27-11-26-17/h5-8,10H,4,9,11H2,1-3H3,(H,20,21). The molecule has 1 amide bonds. The zero-order chi connectivity index (χ0) is 19.0. The summed E-state index contributed by atoms with van der Waals surface area (Å²) in [5, 5.41) is 11.5. The molecule has 0 bridgehead atoms. The highest BCUT2D eigenvalue weighted by Crippen LogP contribution is 2.35. The molecule has 1 aliphatic rings. The highest BCUT2D eigenvalue weighted by Gasteiger charge is 2.19. The summed E-state index contributed by atoms with van der Waals surface area (Å²) in [6.45, 7) is 5.50. The van der Waals surface area contributed by atoms with Gasteiger partial charge in [-0.1, -0.05) is 0 Å². The van der Waals surface area contributed by atoms with Gasteiger partial charge in [-0.2, -0.15) is 10.2 Å². The van der Waals surface area contributed by atoms with Crippen LogP contribution in [-0.2, 0) is 13.1 Å². The van der Waals surface area contributed by atoms with Crippen molar-refractivity contribution in [2.75, 3.05) is 13.8 Å². The molecular weight excluding hydrogens is 346 g/mol. The van der Waals surface area contributed by atoms with E-state index in [1.807, 2.05) is 42.9 Å². The van der Waals surface area contributed by atoms with E-state index < -0.39 is 0 Å². The molecule has 0 saturated heterocycles. The molecule has 1 aliphatic heterocycles. The fourth-order valence-electron chi connectivity index (χ4n) is 3.04. The molecule has 8 heteroatoms. The van der Waals surface area contributed by atoms with E-state index in [2.05, 4.69) is 15.3 Å². The van der Waals surface area contributed by atoms with Gasteiger partial charge in [-0.3, -0.25) is 14.6 Å². The topological polar surface area (TPSA) is 85.3 Å². The Labute approximate surface area is 156 Å². The molecule has 1 aromatic carbocycles. The van der Waals surface area contributed by atoms with Gasteiger partial charge in [0.15, 0.2) is 11.5 Å². The molecule has 3 heterocycles. The first-order valence-corrected chi connectivity index (χ1v) is 8.79. The number of hydrogen-bond donors (Lipinski definition) is 1. The van der Waals surface area contributed by atoms with Crippen LogP contribution in [0, 0.1) is 6.92 Å². The van der Waals surface area contributed by atoms with E-state index in [-0.39, 0.29) is 12.7 Å². The van der Waals surface area contributed by atoms with Crippen molar-refractivity contribution in [2.45, 2.75) is 26.9 Å². The van der Waals surface area contributed by atoms with E-state index in [1.165, 1.54) is 0 Å². The van der Waals surface area contributed by atoms with Crippen molar-refractivity contribution in [3.05, 3.63) is 47.4 Å². The van der Waals surface area contributed by atoms with Crippen LogP contribution >= 0.6 is 0 Å². The summed E-state index contributed by atoms with van der Waals surface area (Å²) < 4.78 is 12.6. The average molecular weight is 367 g/mol. The average Bonchev–Trinajstić information content (AvgIpc) is 3.40. The summed E-state index contributed by atoms with van der Waals surface area (Å²) in [5.74, 6) is 1.27. The second-order valence-electron chi connectivity index (χ2n) is 6.49. The lowest BCUT2D eigenvalue weighted by atomic mass is 10.1. The Kier molecular flexibility index (Phi) is 4.31. The SMILES string of the molecule is CCn1cc(CN(C)C(=O)c2cc(-c3ccc4c(c3)OCO4)n[nH]2)c(C)n1. The summed E-state index contributed by atoms with van der Waals surface area (Å²) in [4.78, 5) is 14.4. The van der Waals surface area contributed by atoms with Crippen LogP contribution < -0.4 is 9.47 Å². The smallest absolute Gasteiger partial charge is 0.271 e. The maximum absolute atomic E-state index is 12.8. The number of aryl methyl sites for hydroxylation is 2. The van der Waals surface area contributed by atoms with Crippen LogP contribution in [0.2, 0.25) is 0 Å². The maximum Gasteiger partial charge on any atom is 0.271 e. The number of fused-ring (bicyclic) bond motifs is 1. The van der Waals surface area contributed by atoms with Gasteiger partial charge in [-0.15, -0.1) is 0 Å². The fourth-order valence-corrected chi connectivity index (χ4v) is 3.04. The number of carbonyl (C=O) groups is 1. The quantitative estimate of drug-likeness (QED) is 0.749. The van der Waals surface area contributed by atoms with Gasteiger partial charge in [0.2, 0.25) is 6.79 Å². The van der Waals surface area contributed by atoms with Crippen molar-refractivity contribution in [1.29, 1.82) is 0 Å². The van der Waals surface area contributed by atoms with Gasteiger partial charge in [0.1, 0.15) is 5.69 Å². The van der Waals surface area contributed by atoms with Crippen molar-refractivity contribution >= 4 is 5.91 Å². The van der Waals surface area contributed by atoms with E-state index in [0.717, 1.165) is 23.4 Å². The van der Waals surface area contributed by atoms with Crippen molar-refractivity contribution < 1.29 is 14.3 Å². The third-order valence-electron chi connectivity index (χ3n) is 4.60. The number of hydrogen-bond acceptors (Lipinski definition) is 5. The maximum atomic E-state index is 12.8. The van der Waals surface area contributed by atoms with E-state index >= 15 is 0 Å². The largest absolute Gasteiger partial charge is 0.454 e. The second-order valence-corrected chi connectivity index (χ2v) is 6.49. The minimum Gasteiger partial charge on any atom is -0.454 e. The number of aromatic amines is 1. The molecule has 0 saturated carbocycles. The number of amides is 1. The Bertz CT molecular complexity index is 991. The summed E-state index contributed by atoms with van der Waals surface area (Å²) in [5.41, 5.74) is 3.94. The molecule has 3 aromatic rings. The number of carbonyl (C=O) groups excluding carboxylic acids is 1. The molecule has 1 N–H and O–H groups in total. The number of benzene rings is 1. The molecule has 140 valence electrons. The summed E-state index contributed by atoms with van der Waals surface area (Å²) in [6.07, 6.45) is 1.98. The Morgan fingerprint density at radius 2 is 2.11 bits per heavy atom. The monoisotopic (exact) mass is 367 g/mol. The lowest BCUT2D eigenvalue weighted by Gasteiger charge is -2.15. The lowest BCUT2D eigenvalue weighted by molar-refractivity contribution is 0.0779. The van der Waals surface area contributed by atoms with Crippen LogP contribution in [0.4, 0.5) is 0 Å². The Morgan fingerprint density at radius 3 is 2.89 bits per heavy atom. The molecule has 2 aromatic heterocycles. The molecule has 27 heavy (non-hydrogen) atoms. The third-order valence-corrected chi connectivity index (χ3v) is 4.60. The van der Waals surface area contributed by atoms with Crippen LogP contribution in [0.25, 0.3) is 11.3 Å². The zero-order valence-electron chi connectivity index (χ0n) is 15.5. The Balaban J connectivity index is 1.50. The van der Waals surface area contributed by atoms with Gasteiger partial charge in [-0.25, -0.2) is 0 Å². The first-order valence-electron chi connectivity index (χ1n) is 8.79. The second kappa shape index (κ2) is 6.79. The fraction of sp³-hybridized carbons (Fsp3) is 0.316. The predicted molar refractivity (Wildman–Crippen MR) is 98.6 cm³/mol. The molecule has 0 spiro atoms. The molecule has 0 unspecified atom stereocenters. The number of ether oxygens (including phenoxy) is 2. The molecular formula is C19H21N5O3. The van der Waals surface area contributed by atoms with Gasteiger partial charge >= 0.3 is 0 Å². The molecule has 8 nitrogen and oxygen atoms in total. The minimum atomic E-state index is -0.127. The van der Waals surface area contributed by atoms with E-state index in [0.29, 0.717) is 29.4 Å².